The Morgan fingerprint density at radius 3 is 2.53 bits per heavy atom. The van der Waals surface area contributed by atoms with Crippen LogP contribution in [0.3, 0.4) is 0 Å². The lowest BCUT2D eigenvalue weighted by molar-refractivity contribution is 0.241. The minimum Gasteiger partial charge on any atom is -0.353 e. The molecule has 3 heterocycles. The predicted molar refractivity (Wildman–Crippen MR) is 127 cm³/mol. The molecule has 32 heavy (non-hydrogen) atoms. The van der Waals surface area contributed by atoms with Crippen molar-refractivity contribution in [3.05, 3.63) is 108 Å². The smallest absolute Gasteiger partial charge is 0.321 e. The Morgan fingerprint density at radius 1 is 0.781 bits per heavy atom. The van der Waals surface area contributed by atoms with Gasteiger partial charge in [-0.05, 0) is 35.4 Å². The maximum Gasteiger partial charge on any atom is 0.321 e. The second kappa shape index (κ2) is 7.35. The van der Waals surface area contributed by atoms with Gasteiger partial charge in [0.25, 0.3) is 0 Å². The van der Waals surface area contributed by atoms with Crippen LogP contribution >= 0.6 is 0 Å². The summed E-state index contributed by atoms with van der Waals surface area (Å²) >= 11 is 0. The predicted octanol–water partition coefficient (Wildman–Crippen LogP) is 5.16. The summed E-state index contributed by atoms with van der Waals surface area (Å²) < 4.78 is 0. The van der Waals surface area contributed by atoms with Gasteiger partial charge in [-0.1, -0.05) is 60.7 Å². The molecule has 154 valence electrons. The third-order valence-corrected chi connectivity index (χ3v) is 5.77. The van der Waals surface area contributed by atoms with E-state index in [1.807, 2.05) is 72.8 Å². The molecule has 2 aliphatic rings. The number of hydrogen-bond donors (Lipinski definition) is 3. The van der Waals surface area contributed by atoms with Crippen LogP contribution in [0.15, 0.2) is 102 Å². The first kappa shape index (κ1) is 18.3. The fourth-order valence-corrected chi connectivity index (χ4v) is 4.35. The molecule has 0 spiro atoms. The van der Waals surface area contributed by atoms with E-state index in [1.54, 1.807) is 6.20 Å². The molecule has 2 aliphatic heterocycles. The zero-order valence-corrected chi connectivity index (χ0v) is 17.0. The molecule has 0 bridgehead atoms. The number of carbonyl (C=O) groups excluding carboxylic acids is 1. The number of para-hydroxylation sites is 2. The van der Waals surface area contributed by atoms with E-state index < -0.39 is 6.04 Å². The molecule has 1 saturated heterocycles. The van der Waals surface area contributed by atoms with Crippen LogP contribution < -0.4 is 16.0 Å². The molecule has 3 N–H and O–H groups in total. The van der Waals surface area contributed by atoms with Gasteiger partial charge in [0.2, 0.25) is 0 Å². The number of pyridine rings is 1. The standard InChI is InChI=1S/C26H19N5O/c32-26-30-24(18-10-6-14-19-17(18)11-7-15-27-19)22-23(16-8-2-1-3-9-16)28-20-12-4-5-13-21(20)29-25(22)31-26/h1-15,24,28H,(H2,29,30,31,32)/t24-/m0/s1. The molecule has 6 nitrogen and oxygen atoms in total. The maximum absolute atomic E-state index is 12.7. The van der Waals surface area contributed by atoms with Gasteiger partial charge in [0.15, 0.2) is 0 Å². The van der Waals surface area contributed by atoms with Gasteiger partial charge >= 0.3 is 6.03 Å². The molecule has 0 aliphatic carbocycles. The molecule has 1 atom stereocenters. The van der Waals surface area contributed by atoms with E-state index in [4.69, 9.17) is 4.99 Å². The van der Waals surface area contributed by atoms with Crippen molar-refractivity contribution in [3.63, 3.8) is 0 Å². The number of hydrogen-bond acceptors (Lipinski definition) is 4. The van der Waals surface area contributed by atoms with Crippen LogP contribution in [0, 0.1) is 0 Å². The molecular weight excluding hydrogens is 398 g/mol. The highest BCUT2D eigenvalue weighted by molar-refractivity contribution is 6.18. The van der Waals surface area contributed by atoms with Crippen LogP contribution in [-0.2, 0) is 0 Å². The third-order valence-electron chi connectivity index (χ3n) is 5.77. The van der Waals surface area contributed by atoms with Gasteiger partial charge in [-0.2, -0.15) is 0 Å². The molecule has 1 aromatic heterocycles. The summed E-state index contributed by atoms with van der Waals surface area (Å²) in [5.41, 5.74) is 6.28. The van der Waals surface area contributed by atoms with E-state index in [9.17, 15) is 4.79 Å². The Kier molecular flexibility index (Phi) is 4.21. The lowest BCUT2D eigenvalue weighted by atomic mass is 9.90. The van der Waals surface area contributed by atoms with Gasteiger partial charge in [0, 0.05) is 17.2 Å². The minimum atomic E-state index is -0.410. The van der Waals surface area contributed by atoms with Crippen molar-refractivity contribution in [2.45, 2.75) is 6.04 Å². The number of fused-ring (bicyclic) bond motifs is 3. The summed E-state index contributed by atoms with van der Waals surface area (Å²) in [5.74, 6) is 0.538. The number of nitrogens with zero attached hydrogens (tertiary/aromatic N) is 2. The van der Waals surface area contributed by atoms with Crippen molar-refractivity contribution in [3.8, 4) is 0 Å². The lowest BCUT2D eigenvalue weighted by Gasteiger charge is -2.31. The van der Waals surface area contributed by atoms with Gasteiger partial charge in [-0.3, -0.25) is 10.3 Å². The Hall–Kier alpha value is -4.45. The first-order valence-corrected chi connectivity index (χ1v) is 10.4. The summed E-state index contributed by atoms with van der Waals surface area (Å²) in [7, 11) is 0. The second-order valence-corrected chi connectivity index (χ2v) is 7.71. The van der Waals surface area contributed by atoms with E-state index in [0.29, 0.717) is 5.84 Å². The molecule has 0 saturated carbocycles. The second-order valence-electron chi connectivity index (χ2n) is 7.71. The number of rotatable bonds is 2. The van der Waals surface area contributed by atoms with Gasteiger partial charge in [-0.15, -0.1) is 0 Å². The summed E-state index contributed by atoms with van der Waals surface area (Å²) in [6.45, 7) is 0. The average molecular weight is 417 g/mol. The Morgan fingerprint density at radius 2 is 1.62 bits per heavy atom. The maximum atomic E-state index is 12.7. The quantitative estimate of drug-likeness (QED) is 0.422. The number of aromatic nitrogens is 1. The van der Waals surface area contributed by atoms with E-state index in [1.165, 1.54) is 0 Å². The number of carbonyl (C=O) groups is 1. The molecular formula is C26H19N5O. The number of urea groups is 1. The molecule has 2 amide bonds. The Balaban J connectivity index is 1.65. The Labute approximate surface area is 184 Å². The first-order valence-electron chi connectivity index (χ1n) is 10.4. The zero-order chi connectivity index (χ0) is 21.5. The van der Waals surface area contributed by atoms with Gasteiger partial charge in [0.1, 0.15) is 5.84 Å². The zero-order valence-electron chi connectivity index (χ0n) is 17.0. The molecule has 6 heteroatoms. The number of nitrogens with one attached hydrogen (secondary N) is 3. The molecule has 1 fully saturated rings. The lowest BCUT2D eigenvalue weighted by Crippen LogP contribution is -2.50. The monoisotopic (exact) mass is 417 g/mol. The molecule has 4 aromatic rings. The third kappa shape index (κ3) is 3.01. The van der Waals surface area contributed by atoms with Crippen molar-refractivity contribution in [2.75, 3.05) is 5.32 Å². The average Bonchev–Trinajstić information content (AvgIpc) is 3.00. The van der Waals surface area contributed by atoms with Crippen molar-refractivity contribution in [2.24, 2.45) is 4.99 Å². The highest BCUT2D eigenvalue weighted by Crippen LogP contribution is 2.40. The van der Waals surface area contributed by atoms with Crippen LogP contribution in [0.25, 0.3) is 16.6 Å². The summed E-state index contributed by atoms with van der Waals surface area (Å²) in [5, 5.41) is 10.6. The van der Waals surface area contributed by atoms with Gasteiger partial charge in [0.05, 0.1) is 28.6 Å². The fraction of sp³-hybridized carbons (Fsp3) is 0.0385. The number of aliphatic imine (C=N–C) groups is 1. The molecule has 6 rings (SSSR count). The van der Waals surface area contributed by atoms with Crippen LogP contribution in [-0.4, -0.2) is 16.9 Å². The molecule has 3 aromatic carbocycles. The van der Waals surface area contributed by atoms with Crippen LogP contribution in [0.5, 0.6) is 0 Å². The van der Waals surface area contributed by atoms with Crippen LogP contribution in [0.1, 0.15) is 17.2 Å². The normalized spacial score (nSPS) is 17.3. The van der Waals surface area contributed by atoms with E-state index in [0.717, 1.165) is 44.7 Å². The van der Waals surface area contributed by atoms with E-state index >= 15 is 0 Å². The number of anilines is 1. The topological polar surface area (TPSA) is 78.4 Å². The SMILES string of the molecule is O=C1NC2=Nc3ccccc3NC(c3ccccc3)=C2[C@H](c2cccc3ncccc23)N1. The highest BCUT2D eigenvalue weighted by atomic mass is 16.2. The summed E-state index contributed by atoms with van der Waals surface area (Å²) in [6, 6.07) is 27.2. The summed E-state index contributed by atoms with van der Waals surface area (Å²) in [6.07, 6.45) is 1.78. The number of amides is 2. The van der Waals surface area contributed by atoms with E-state index in [2.05, 4.69) is 33.1 Å². The van der Waals surface area contributed by atoms with Gasteiger partial charge in [-0.25, -0.2) is 9.79 Å². The number of benzene rings is 3. The van der Waals surface area contributed by atoms with Crippen molar-refractivity contribution in [1.82, 2.24) is 15.6 Å². The highest BCUT2D eigenvalue weighted by Gasteiger charge is 2.35. The van der Waals surface area contributed by atoms with Crippen LogP contribution in [0.2, 0.25) is 0 Å². The minimum absolute atomic E-state index is 0.287. The Bertz CT molecular complexity index is 1420. The van der Waals surface area contributed by atoms with E-state index in [-0.39, 0.29) is 6.03 Å². The summed E-state index contributed by atoms with van der Waals surface area (Å²) in [4.78, 5) is 22.1. The van der Waals surface area contributed by atoms with Crippen molar-refractivity contribution in [1.29, 1.82) is 0 Å². The van der Waals surface area contributed by atoms with Crippen molar-refractivity contribution >= 4 is 39.8 Å². The van der Waals surface area contributed by atoms with Gasteiger partial charge < -0.3 is 10.6 Å². The fourth-order valence-electron chi connectivity index (χ4n) is 4.35. The van der Waals surface area contributed by atoms with Crippen molar-refractivity contribution < 1.29 is 4.79 Å². The molecule has 0 unspecified atom stereocenters. The largest absolute Gasteiger partial charge is 0.353 e. The first-order chi connectivity index (χ1) is 15.8. The van der Waals surface area contributed by atoms with Crippen LogP contribution in [0.4, 0.5) is 16.2 Å². The number of amidine groups is 1. The molecule has 0 radical (unpaired) electrons.